The van der Waals surface area contributed by atoms with Gasteiger partial charge in [-0.15, -0.1) is 0 Å². The van der Waals surface area contributed by atoms with E-state index in [1.54, 1.807) is 30.5 Å². The number of pyridine rings is 2. The average Bonchev–Trinajstić information content (AvgIpc) is 2.91. The summed E-state index contributed by atoms with van der Waals surface area (Å²) in [7, 11) is -1.73. The molecule has 2 N–H and O–H groups in total. The Morgan fingerprint density at radius 3 is 2.22 bits per heavy atom. The summed E-state index contributed by atoms with van der Waals surface area (Å²) in [4.78, 5) is 13.1. The molecule has 0 saturated carbocycles. The first-order valence-corrected chi connectivity index (χ1v) is 14.8. The van der Waals surface area contributed by atoms with Crippen LogP contribution in [0.4, 0.5) is 24.8 Å². The number of likely N-dealkylation sites (tertiary alicyclic amines) is 1. The number of nitrogens with one attached hydrogen (secondary N) is 1. The van der Waals surface area contributed by atoms with Gasteiger partial charge in [0, 0.05) is 62.6 Å². The highest BCUT2D eigenvalue weighted by molar-refractivity contribution is 7.89. The second-order valence-corrected chi connectivity index (χ2v) is 13.3. The number of rotatable bonds is 6. The molecule has 218 valence electrons. The Morgan fingerprint density at radius 2 is 1.66 bits per heavy atom. The molecule has 1 spiro atoms. The van der Waals surface area contributed by atoms with Crippen molar-refractivity contribution in [2.45, 2.75) is 29.6 Å². The number of hydrogen-bond acceptors (Lipinski definition) is 8. The topological polar surface area (TPSA) is 102 Å². The molecule has 0 bridgehead atoms. The molecule has 3 aliphatic rings. The number of halogens is 3. The maximum Gasteiger partial charge on any atom is 0.417 e. The van der Waals surface area contributed by atoms with Crippen molar-refractivity contribution in [2.75, 3.05) is 56.5 Å². The highest BCUT2D eigenvalue weighted by atomic mass is 32.2. The number of benzene rings is 1. The van der Waals surface area contributed by atoms with Gasteiger partial charge >= 0.3 is 6.18 Å². The summed E-state index contributed by atoms with van der Waals surface area (Å²) in [5.41, 5.74) is 1.28. The molecular formula is C28H31F3N6O3S. The fourth-order valence-corrected chi connectivity index (χ4v) is 7.54. The summed E-state index contributed by atoms with van der Waals surface area (Å²) in [5, 5.41) is 13.6. The van der Waals surface area contributed by atoms with Gasteiger partial charge in [0.05, 0.1) is 22.6 Å². The van der Waals surface area contributed by atoms with Crippen LogP contribution in [-0.2, 0) is 16.2 Å². The molecule has 41 heavy (non-hydrogen) atoms. The number of sulfonamides is 1. The van der Waals surface area contributed by atoms with Gasteiger partial charge in [-0.3, -0.25) is 0 Å². The van der Waals surface area contributed by atoms with E-state index < -0.39 is 33.9 Å². The maximum absolute atomic E-state index is 13.3. The third kappa shape index (κ3) is 5.51. The molecule has 3 fully saturated rings. The van der Waals surface area contributed by atoms with Crippen molar-refractivity contribution in [1.82, 2.24) is 19.2 Å². The second kappa shape index (κ2) is 10.2. The molecule has 6 rings (SSSR count). The van der Waals surface area contributed by atoms with E-state index in [0.29, 0.717) is 5.41 Å². The summed E-state index contributed by atoms with van der Waals surface area (Å²) in [6.45, 7) is 4.28. The number of piperidine rings is 1. The largest absolute Gasteiger partial charge is 0.417 e. The van der Waals surface area contributed by atoms with Gasteiger partial charge in [-0.25, -0.2) is 18.4 Å². The van der Waals surface area contributed by atoms with Gasteiger partial charge in [0.25, 0.3) is 0 Å². The Bertz CT molecular complexity index is 1490. The molecular weight excluding hydrogens is 557 g/mol. The number of hydrogen-bond donors (Lipinski definition) is 2. The van der Waals surface area contributed by atoms with E-state index in [0.717, 1.165) is 55.4 Å². The fourth-order valence-electron chi connectivity index (χ4n) is 6.06. The van der Waals surface area contributed by atoms with Gasteiger partial charge in [0.15, 0.2) is 0 Å². The van der Waals surface area contributed by atoms with Crippen molar-refractivity contribution in [3.8, 4) is 11.1 Å². The van der Waals surface area contributed by atoms with E-state index in [9.17, 15) is 26.7 Å². The lowest BCUT2D eigenvalue weighted by Gasteiger charge is -2.59. The molecule has 0 radical (unpaired) electrons. The van der Waals surface area contributed by atoms with E-state index in [1.807, 2.05) is 12.1 Å². The number of aromatic nitrogens is 2. The van der Waals surface area contributed by atoms with Crippen molar-refractivity contribution < 1.29 is 26.7 Å². The molecule has 0 aliphatic carbocycles. The van der Waals surface area contributed by atoms with Gasteiger partial charge in [-0.05, 0) is 55.4 Å². The van der Waals surface area contributed by atoms with Crippen LogP contribution in [0.3, 0.4) is 0 Å². The number of nitrogens with zero attached hydrogens (tertiary/aromatic N) is 5. The van der Waals surface area contributed by atoms with Crippen LogP contribution >= 0.6 is 0 Å². The van der Waals surface area contributed by atoms with Crippen molar-refractivity contribution in [2.24, 2.45) is 5.41 Å². The lowest BCUT2D eigenvalue weighted by atomic mass is 9.73. The Labute approximate surface area is 236 Å². The smallest absolute Gasteiger partial charge is 0.390 e. The minimum absolute atomic E-state index is 0.116. The zero-order valence-electron chi connectivity index (χ0n) is 22.4. The lowest BCUT2D eigenvalue weighted by molar-refractivity contribution is -0.137. The summed E-state index contributed by atoms with van der Waals surface area (Å²) in [5.74, 6) is 1.12. The van der Waals surface area contributed by atoms with Crippen molar-refractivity contribution in [3.63, 3.8) is 0 Å². The van der Waals surface area contributed by atoms with Crippen molar-refractivity contribution in [1.29, 1.82) is 0 Å². The first-order chi connectivity index (χ1) is 19.4. The van der Waals surface area contributed by atoms with E-state index in [2.05, 4.69) is 32.1 Å². The van der Waals surface area contributed by atoms with Crippen molar-refractivity contribution in [3.05, 3.63) is 66.5 Å². The summed E-state index contributed by atoms with van der Waals surface area (Å²) < 4.78 is 66.1. The van der Waals surface area contributed by atoms with Crippen LogP contribution < -0.4 is 10.2 Å². The molecule has 13 heteroatoms. The van der Waals surface area contributed by atoms with E-state index in [1.165, 1.54) is 10.4 Å². The molecule has 2 atom stereocenters. The number of anilines is 2. The molecule has 2 aromatic heterocycles. The molecule has 1 aromatic carbocycles. The van der Waals surface area contributed by atoms with Gasteiger partial charge < -0.3 is 20.2 Å². The van der Waals surface area contributed by atoms with Gasteiger partial charge in [-0.1, -0.05) is 12.1 Å². The normalized spacial score (nSPS) is 23.2. The molecule has 0 unspecified atom stereocenters. The van der Waals surface area contributed by atoms with Gasteiger partial charge in [-0.2, -0.15) is 17.5 Å². The first kappa shape index (κ1) is 27.9. The van der Waals surface area contributed by atoms with Crippen molar-refractivity contribution >= 4 is 21.7 Å². The summed E-state index contributed by atoms with van der Waals surface area (Å²) in [6, 6.07) is 12.1. The number of β-amino-alcohol motifs (C(OH)–C–C–N with tert-alkyl or cyclic N) is 1. The maximum atomic E-state index is 13.3. The highest BCUT2D eigenvalue weighted by Crippen LogP contribution is 2.40. The molecule has 3 saturated heterocycles. The molecule has 3 aliphatic heterocycles. The average molecular weight is 589 g/mol. The lowest BCUT2D eigenvalue weighted by Crippen LogP contribution is -2.71. The van der Waals surface area contributed by atoms with Gasteiger partial charge in [0.1, 0.15) is 11.6 Å². The first-order valence-electron chi connectivity index (χ1n) is 13.4. The Balaban J connectivity index is 1.05. The third-order valence-corrected chi connectivity index (χ3v) is 10.0. The summed E-state index contributed by atoms with van der Waals surface area (Å²) >= 11 is 0. The number of aliphatic hydroxyl groups is 1. The van der Waals surface area contributed by atoms with Crippen LogP contribution in [0.15, 0.2) is 65.8 Å². The third-order valence-electron chi connectivity index (χ3n) is 8.13. The molecule has 9 nitrogen and oxygen atoms in total. The van der Waals surface area contributed by atoms with Crippen LogP contribution in [0.1, 0.15) is 12.0 Å². The molecule has 5 heterocycles. The second-order valence-electron chi connectivity index (χ2n) is 11.4. The van der Waals surface area contributed by atoms with Crippen LogP contribution in [0.2, 0.25) is 0 Å². The standard InChI is InChI=1S/C28H31F3N6O3S/c1-35-15-27(16-35)17-36(18-27)26-9-4-20(12-33-26)19-2-6-22(7-3-19)41(39,40)37-11-10-23(24(38)14-37)34-25-8-5-21(13-32-25)28(29,30)31/h2-9,12-13,23-24,38H,10-11,14-18H2,1H3,(H,32,34)/t23-,24+/m1/s1. The Morgan fingerprint density at radius 1 is 0.951 bits per heavy atom. The summed E-state index contributed by atoms with van der Waals surface area (Å²) in [6.07, 6.45) is -2.78. The zero-order chi connectivity index (χ0) is 29.0. The highest BCUT2D eigenvalue weighted by Gasteiger charge is 2.50. The molecule has 3 aromatic rings. The Kier molecular flexibility index (Phi) is 6.96. The van der Waals surface area contributed by atoms with E-state index in [-0.39, 0.29) is 30.2 Å². The minimum Gasteiger partial charge on any atom is -0.390 e. The fraction of sp³-hybridized carbons (Fsp3) is 0.429. The Hall–Kier alpha value is -3.26. The number of aliphatic hydroxyl groups excluding tert-OH is 1. The number of alkyl halides is 3. The van der Waals surface area contributed by atoms with Crippen LogP contribution in [0, 0.1) is 5.41 Å². The van der Waals surface area contributed by atoms with Gasteiger partial charge in [0.2, 0.25) is 10.0 Å². The van der Waals surface area contributed by atoms with E-state index >= 15 is 0 Å². The van der Waals surface area contributed by atoms with Crippen LogP contribution in [-0.4, -0.2) is 91.2 Å². The predicted molar refractivity (Wildman–Crippen MR) is 148 cm³/mol. The SMILES string of the molecule is CN1CC2(C1)CN(c1ccc(-c3ccc(S(=O)(=O)N4CC[C@@H](Nc5ccc(C(F)(F)F)cn5)[C@@H](O)C4)cc3)cn1)C2. The predicted octanol–water partition coefficient (Wildman–Crippen LogP) is 3.15. The van der Waals surface area contributed by atoms with Crippen LogP contribution in [0.5, 0.6) is 0 Å². The quantitative estimate of drug-likeness (QED) is 0.453. The van der Waals surface area contributed by atoms with Crippen LogP contribution in [0.25, 0.3) is 11.1 Å². The van der Waals surface area contributed by atoms with E-state index in [4.69, 9.17) is 0 Å². The zero-order valence-corrected chi connectivity index (χ0v) is 23.2. The monoisotopic (exact) mass is 588 g/mol. The minimum atomic E-state index is -4.49. The molecule has 0 amide bonds.